The molecule has 1 aliphatic rings. The van der Waals surface area contributed by atoms with Crippen molar-refractivity contribution in [3.8, 4) is 5.88 Å². The van der Waals surface area contributed by atoms with Gasteiger partial charge in [-0.05, 0) is 6.92 Å². The number of Topliss-reactive ketones (excluding diaryl/α,β-unsaturated/α-hetero) is 1. The predicted octanol–water partition coefficient (Wildman–Crippen LogP) is 1.78. The summed E-state index contributed by atoms with van der Waals surface area (Å²) in [5.41, 5.74) is 0.624. The number of aryl methyl sites for hydroxylation is 1. The minimum absolute atomic E-state index is 0.0379. The Morgan fingerprint density at radius 2 is 1.90 bits per heavy atom. The van der Waals surface area contributed by atoms with Crippen LogP contribution in [0.4, 0.5) is 5.82 Å². The molecular formula is C21H26N4O4. The summed E-state index contributed by atoms with van der Waals surface area (Å²) in [5.74, 6) is 1.72. The highest BCUT2D eigenvalue weighted by Gasteiger charge is 2.14. The third kappa shape index (κ3) is 6.53. The average Bonchev–Trinajstić information content (AvgIpc) is 2.76. The zero-order valence-corrected chi connectivity index (χ0v) is 16.6. The lowest BCUT2D eigenvalue weighted by molar-refractivity contribution is -0.121. The number of rotatable bonds is 9. The van der Waals surface area contributed by atoms with Crippen molar-refractivity contribution in [2.75, 3.05) is 44.4 Å². The topological polar surface area (TPSA) is 93.6 Å². The molecule has 8 heteroatoms. The molecule has 29 heavy (non-hydrogen) atoms. The molecule has 0 radical (unpaired) electrons. The number of nitrogens with zero attached hydrogens (tertiary/aromatic N) is 3. The fourth-order valence-corrected chi connectivity index (χ4v) is 2.98. The Morgan fingerprint density at radius 1 is 1.14 bits per heavy atom. The largest absolute Gasteiger partial charge is 0.476 e. The molecule has 0 unspecified atom stereocenters. The number of ether oxygens (including phenoxy) is 2. The molecular weight excluding hydrogens is 372 g/mol. The lowest BCUT2D eigenvalue weighted by Gasteiger charge is -2.28. The lowest BCUT2D eigenvalue weighted by Crippen LogP contribution is -2.37. The van der Waals surface area contributed by atoms with E-state index in [0.717, 1.165) is 18.9 Å². The Bertz CT molecular complexity index is 823. The highest BCUT2D eigenvalue weighted by atomic mass is 16.5. The average molecular weight is 398 g/mol. The van der Waals surface area contributed by atoms with Gasteiger partial charge in [0, 0.05) is 37.6 Å². The van der Waals surface area contributed by atoms with Gasteiger partial charge in [-0.25, -0.2) is 4.98 Å². The molecule has 1 aromatic carbocycles. The first kappa shape index (κ1) is 20.7. The van der Waals surface area contributed by atoms with Crippen LogP contribution in [0, 0.1) is 6.92 Å². The monoisotopic (exact) mass is 398 g/mol. The number of benzene rings is 1. The summed E-state index contributed by atoms with van der Waals surface area (Å²) in [6.45, 7) is 5.38. The van der Waals surface area contributed by atoms with Crippen LogP contribution in [0.5, 0.6) is 5.88 Å². The van der Waals surface area contributed by atoms with E-state index in [-0.39, 0.29) is 31.1 Å². The fourth-order valence-electron chi connectivity index (χ4n) is 2.98. The molecule has 2 aromatic rings. The van der Waals surface area contributed by atoms with E-state index in [1.807, 2.05) is 25.1 Å². The zero-order valence-electron chi connectivity index (χ0n) is 16.6. The number of nitrogens with one attached hydrogen (secondary N) is 1. The summed E-state index contributed by atoms with van der Waals surface area (Å²) >= 11 is 0. The fraction of sp³-hybridized carbons (Fsp3) is 0.429. The molecule has 0 spiro atoms. The van der Waals surface area contributed by atoms with Gasteiger partial charge in [-0.1, -0.05) is 30.3 Å². The molecule has 2 heterocycles. The van der Waals surface area contributed by atoms with Crippen molar-refractivity contribution in [2.24, 2.45) is 0 Å². The number of ketones is 1. The van der Waals surface area contributed by atoms with E-state index in [2.05, 4.69) is 20.2 Å². The van der Waals surface area contributed by atoms with Crippen LogP contribution in [0.15, 0.2) is 36.4 Å². The van der Waals surface area contributed by atoms with Crippen LogP contribution < -0.4 is 15.0 Å². The van der Waals surface area contributed by atoms with Gasteiger partial charge < -0.3 is 19.7 Å². The molecule has 1 N–H and O–H groups in total. The molecule has 0 atom stereocenters. The number of anilines is 1. The smallest absolute Gasteiger partial charge is 0.220 e. The minimum Gasteiger partial charge on any atom is -0.476 e. The van der Waals surface area contributed by atoms with E-state index in [4.69, 9.17) is 9.47 Å². The third-order valence-electron chi connectivity index (χ3n) is 4.49. The van der Waals surface area contributed by atoms with Crippen LogP contribution in [0.2, 0.25) is 0 Å². The summed E-state index contributed by atoms with van der Waals surface area (Å²) in [5, 5.41) is 2.77. The van der Waals surface area contributed by atoms with Crippen LogP contribution in [-0.2, 0) is 9.53 Å². The van der Waals surface area contributed by atoms with Gasteiger partial charge in [-0.3, -0.25) is 9.59 Å². The van der Waals surface area contributed by atoms with Crippen molar-refractivity contribution in [3.05, 3.63) is 47.8 Å². The third-order valence-corrected chi connectivity index (χ3v) is 4.49. The van der Waals surface area contributed by atoms with Crippen LogP contribution in [-0.4, -0.2) is 61.1 Å². The number of hydrogen-bond acceptors (Lipinski definition) is 7. The maximum Gasteiger partial charge on any atom is 0.220 e. The number of aromatic nitrogens is 2. The van der Waals surface area contributed by atoms with Crippen LogP contribution in [0.1, 0.15) is 29.0 Å². The van der Waals surface area contributed by atoms with E-state index in [1.165, 1.54) is 0 Å². The Morgan fingerprint density at radius 3 is 2.66 bits per heavy atom. The van der Waals surface area contributed by atoms with E-state index < -0.39 is 0 Å². The zero-order chi connectivity index (χ0) is 20.5. The number of hydrogen-bond donors (Lipinski definition) is 1. The molecule has 0 aliphatic carbocycles. The molecule has 1 saturated heterocycles. The first-order valence-corrected chi connectivity index (χ1v) is 9.78. The summed E-state index contributed by atoms with van der Waals surface area (Å²) in [4.78, 5) is 34.9. The maximum absolute atomic E-state index is 12.0. The Labute approximate surface area is 170 Å². The minimum atomic E-state index is -0.175. The summed E-state index contributed by atoms with van der Waals surface area (Å²) < 4.78 is 11.0. The Balaban J connectivity index is 1.39. The maximum atomic E-state index is 12.0. The first-order valence-electron chi connectivity index (χ1n) is 9.78. The first-order chi connectivity index (χ1) is 14.1. The second-order valence-electron chi connectivity index (χ2n) is 6.70. The molecule has 8 nitrogen and oxygen atoms in total. The standard InChI is InChI=1S/C21H26N4O4/c1-16-23-19(25-10-13-28-14-11-25)15-21(24-16)29-12-9-22-20(27)8-7-18(26)17-5-3-2-4-6-17/h2-6,15H,7-14H2,1H3,(H,22,27). The van der Waals surface area contributed by atoms with Gasteiger partial charge in [0.15, 0.2) is 5.78 Å². The Hall–Kier alpha value is -3.00. The SMILES string of the molecule is Cc1nc(OCCNC(=O)CCC(=O)c2ccccc2)cc(N2CCOCC2)n1. The lowest BCUT2D eigenvalue weighted by atomic mass is 10.1. The van der Waals surface area contributed by atoms with Gasteiger partial charge in [-0.2, -0.15) is 4.98 Å². The van der Waals surface area contributed by atoms with Crippen molar-refractivity contribution in [1.82, 2.24) is 15.3 Å². The summed E-state index contributed by atoms with van der Waals surface area (Å²) in [6.07, 6.45) is 0.340. The number of carbonyl (C=O) groups excluding carboxylic acids is 2. The molecule has 1 amide bonds. The van der Waals surface area contributed by atoms with Crippen molar-refractivity contribution in [1.29, 1.82) is 0 Å². The molecule has 3 rings (SSSR count). The van der Waals surface area contributed by atoms with Crippen molar-refractivity contribution in [2.45, 2.75) is 19.8 Å². The van der Waals surface area contributed by atoms with Gasteiger partial charge in [-0.15, -0.1) is 0 Å². The predicted molar refractivity (Wildman–Crippen MR) is 108 cm³/mol. The van der Waals surface area contributed by atoms with E-state index in [9.17, 15) is 9.59 Å². The van der Waals surface area contributed by atoms with Gasteiger partial charge in [0.05, 0.1) is 19.8 Å². The Kier molecular flexibility index (Phi) is 7.52. The number of carbonyl (C=O) groups is 2. The van der Waals surface area contributed by atoms with Crippen molar-refractivity contribution >= 4 is 17.5 Å². The van der Waals surface area contributed by atoms with E-state index >= 15 is 0 Å². The quantitative estimate of drug-likeness (QED) is 0.508. The second kappa shape index (κ2) is 10.5. The van der Waals surface area contributed by atoms with Gasteiger partial charge >= 0.3 is 0 Å². The normalized spacial score (nSPS) is 13.8. The molecule has 0 saturated carbocycles. The van der Waals surface area contributed by atoms with Crippen molar-refractivity contribution < 1.29 is 19.1 Å². The highest BCUT2D eigenvalue weighted by molar-refractivity contribution is 5.97. The van der Waals surface area contributed by atoms with E-state index in [1.54, 1.807) is 18.2 Å². The van der Waals surface area contributed by atoms with Gasteiger partial charge in [0.2, 0.25) is 11.8 Å². The summed E-state index contributed by atoms with van der Waals surface area (Å²) in [6, 6.07) is 10.8. The van der Waals surface area contributed by atoms with Gasteiger partial charge in [0.1, 0.15) is 18.2 Å². The molecule has 1 aliphatic heterocycles. The van der Waals surface area contributed by atoms with Crippen molar-refractivity contribution in [3.63, 3.8) is 0 Å². The molecule has 154 valence electrons. The highest BCUT2D eigenvalue weighted by Crippen LogP contribution is 2.18. The summed E-state index contributed by atoms with van der Waals surface area (Å²) in [7, 11) is 0. The molecule has 1 aromatic heterocycles. The van der Waals surface area contributed by atoms with Gasteiger partial charge in [0.25, 0.3) is 0 Å². The number of morpholine rings is 1. The molecule has 1 fully saturated rings. The van der Waals surface area contributed by atoms with E-state index in [0.29, 0.717) is 37.0 Å². The van der Waals surface area contributed by atoms with Crippen LogP contribution in [0.3, 0.4) is 0 Å². The van der Waals surface area contributed by atoms with Crippen LogP contribution >= 0.6 is 0 Å². The second-order valence-corrected chi connectivity index (χ2v) is 6.70. The van der Waals surface area contributed by atoms with Crippen LogP contribution in [0.25, 0.3) is 0 Å². The molecule has 0 bridgehead atoms. The number of amides is 1.